The lowest BCUT2D eigenvalue weighted by molar-refractivity contribution is 0.415. The Bertz CT molecular complexity index is 755. The minimum atomic E-state index is 0.0412. The van der Waals surface area contributed by atoms with E-state index in [4.69, 9.17) is 4.74 Å². The molecule has 0 spiro atoms. The summed E-state index contributed by atoms with van der Waals surface area (Å²) < 4.78 is 5.55. The summed E-state index contributed by atoms with van der Waals surface area (Å²) in [6, 6.07) is 6.20. The first-order chi connectivity index (χ1) is 11.7. The molecule has 0 N–H and O–H groups in total. The van der Waals surface area contributed by atoms with Crippen molar-refractivity contribution in [3.05, 3.63) is 42.1 Å². The smallest absolute Gasteiger partial charge is 0.140 e. The number of methoxy groups -OCH3 is 1. The highest BCUT2D eigenvalue weighted by Crippen LogP contribution is 2.34. The van der Waals surface area contributed by atoms with Gasteiger partial charge in [-0.15, -0.1) is 0 Å². The first-order valence-electron chi connectivity index (χ1n) is 8.64. The summed E-state index contributed by atoms with van der Waals surface area (Å²) in [6.45, 7) is 5.30. The Morgan fingerprint density at radius 2 is 2.12 bits per heavy atom. The van der Waals surface area contributed by atoms with Gasteiger partial charge in [0.2, 0.25) is 0 Å². The van der Waals surface area contributed by atoms with Crippen LogP contribution in [0.5, 0.6) is 5.75 Å². The monoisotopic (exact) mass is 323 g/mol. The molecule has 4 nitrogen and oxygen atoms in total. The lowest BCUT2D eigenvalue weighted by Crippen LogP contribution is -2.33. The molecule has 1 aromatic carbocycles. The molecule has 0 aliphatic carbocycles. The molecule has 0 bridgehead atoms. The zero-order valence-electron chi connectivity index (χ0n) is 14.7. The summed E-state index contributed by atoms with van der Waals surface area (Å²) in [7, 11) is 1.71. The minimum absolute atomic E-state index is 0.0412. The molecule has 0 amide bonds. The fourth-order valence-electron chi connectivity index (χ4n) is 3.13. The van der Waals surface area contributed by atoms with E-state index in [0.29, 0.717) is 0 Å². The summed E-state index contributed by atoms with van der Waals surface area (Å²) in [6.07, 6.45) is 11.5. The van der Waals surface area contributed by atoms with Gasteiger partial charge in [-0.2, -0.15) is 0 Å². The number of pyridine rings is 1. The number of allylic oxidation sites excluding steroid dienone is 1. The molecule has 1 aliphatic heterocycles. The molecule has 1 unspecified atom stereocenters. The van der Waals surface area contributed by atoms with Crippen molar-refractivity contribution in [1.82, 2.24) is 4.98 Å². The molecule has 4 heteroatoms. The average Bonchev–Trinajstić information content (AvgIpc) is 3.13. The molecule has 1 aromatic heterocycles. The quantitative estimate of drug-likeness (QED) is 0.703. The van der Waals surface area contributed by atoms with E-state index in [0.717, 1.165) is 35.3 Å². The molecule has 2 heterocycles. The highest BCUT2D eigenvalue weighted by molar-refractivity contribution is 5.94. The van der Waals surface area contributed by atoms with Crippen LogP contribution in [0, 0.1) is 6.92 Å². The van der Waals surface area contributed by atoms with Crippen LogP contribution in [0.15, 0.2) is 41.5 Å². The Balaban J connectivity index is 2.09. The average molecular weight is 323 g/mol. The summed E-state index contributed by atoms with van der Waals surface area (Å²) in [5.74, 6) is 0.861. The zero-order chi connectivity index (χ0) is 16.9. The van der Waals surface area contributed by atoms with Crippen LogP contribution in [-0.2, 0) is 0 Å². The Labute approximate surface area is 143 Å². The maximum Gasteiger partial charge on any atom is 0.140 e. The second-order valence-electron chi connectivity index (χ2n) is 6.17. The molecule has 1 atom stereocenters. The fourth-order valence-corrected chi connectivity index (χ4v) is 3.13. The molecular weight excluding hydrogens is 298 g/mol. The van der Waals surface area contributed by atoms with Gasteiger partial charge in [-0.25, -0.2) is 0 Å². The normalized spacial score (nSPS) is 16.0. The van der Waals surface area contributed by atoms with E-state index in [1.54, 1.807) is 7.11 Å². The maximum absolute atomic E-state index is 5.55. The van der Waals surface area contributed by atoms with Crippen molar-refractivity contribution >= 4 is 22.8 Å². The lowest BCUT2D eigenvalue weighted by atomic mass is 10.1. The number of unbranched alkanes of at least 4 members (excludes halogenated alkanes) is 2. The largest absolute Gasteiger partial charge is 0.497 e. The number of aliphatic imine (C=N–C) groups is 1. The first kappa shape index (κ1) is 16.5. The molecule has 3 rings (SSSR count). The molecule has 0 fully saturated rings. The number of ether oxygens (including phenoxy) is 1. The van der Waals surface area contributed by atoms with Gasteiger partial charge in [0.25, 0.3) is 0 Å². The van der Waals surface area contributed by atoms with Crippen LogP contribution in [0.25, 0.3) is 10.9 Å². The number of hydrogen-bond donors (Lipinski definition) is 0. The van der Waals surface area contributed by atoms with E-state index >= 15 is 0 Å². The van der Waals surface area contributed by atoms with Gasteiger partial charge in [-0.05, 0) is 43.2 Å². The van der Waals surface area contributed by atoms with Crippen molar-refractivity contribution in [1.29, 1.82) is 0 Å². The summed E-state index contributed by atoms with van der Waals surface area (Å²) >= 11 is 0. The van der Waals surface area contributed by atoms with Crippen LogP contribution in [0.3, 0.4) is 0 Å². The molecule has 2 aromatic rings. The number of aryl methyl sites for hydroxylation is 1. The lowest BCUT2D eigenvalue weighted by Gasteiger charge is -2.29. The van der Waals surface area contributed by atoms with E-state index in [1.807, 2.05) is 24.6 Å². The minimum Gasteiger partial charge on any atom is -0.497 e. The Hall–Kier alpha value is -2.36. The molecule has 0 saturated heterocycles. The van der Waals surface area contributed by atoms with E-state index in [2.05, 4.69) is 46.9 Å². The Kier molecular flexibility index (Phi) is 5.14. The number of rotatable bonds is 7. The molecule has 0 radical (unpaired) electrons. The van der Waals surface area contributed by atoms with Crippen LogP contribution >= 0.6 is 0 Å². The van der Waals surface area contributed by atoms with E-state index in [9.17, 15) is 0 Å². The third kappa shape index (κ3) is 3.28. The topological polar surface area (TPSA) is 37.7 Å². The number of nitrogens with zero attached hydrogens (tertiary/aromatic N) is 3. The van der Waals surface area contributed by atoms with Gasteiger partial charge in [-0.1, -0.05) is 19.8 Å². The number of anilines is 1. The van der Waals surface area contributed by atoms with Crippen LogP contribution in [0.1, 0.15) is 31.7 Å². The predicted molar refractivity (Wildman–Crippen MR) is 101 cm³/mol. The number of benzene rings is 1. The fraction of sp³-hybridized carbons (Fsp3) is 0.400. The van der Waals surface area contributed by atoms with Crippen LogP contribution < -0.4 is 9.64 Å². The van der Waals surface area contributed by atoms with Crippen LogP contribution in [-0.4, -0.2) is 31.0 Å². The van der Waals surface area contributed by atoms with Crippen molar-refractivity contribution in [2.45, 2.75) is 39.3 Å². The molecule has 24 heavy (non-hydrogen) atoms. The van der Waals surface area contributed by atoms with E-state index in [1.165, 1.54) is 18.4 Å². The van der Waals surface area contributed by atoms with E-state index < -0.39 is 0 Å². The van der Waals surface area contributed by atoms with Gasteiger partial charge in [0.15, 0.2) is 0 Å². The van der Waals surface area contributed by atoms with Gasteiger partial charge in [0.05, 0.1) is 18.3 Å². The Morgan fingerprint density at radius 3 is 2.83 bits per heavy atom. The SMILES string of the molecule is CCCCCN(c1cc(OC)cc2c(C)ccnc12)C1C=CC=N1. The second kappa shape index (κ2) is 7.47. The van der Waals surface area contributed by atoms with Crippen molar-refractivity contribution in [2.24, 2.45) is 4.99 Å². The number of hydrogen-bond acceptors (Lipinski definition) is 4. The van der Waals surface area contributed by atoms with Gasteiger partial charge >= 0.3 is 0 Å². The van der Waals surface area contributed by atoms with E-state index in [-0.39, 0.29) is 6.17 Å². The molecule has 126 valence electrons. The molecule has 1 aliphatic rings. The van der Waals surface area contributed by atoms with Gasteiger partial charge in [-0.3, -0.25) is 9.98 Å². The maximum atomic E-state index is 5.55. The third-order valence-electron chi connectivity index (χ3n) is 4.49. The van der Waals surface area contributed by atoms with Crippen LogP contribution in [0.2, 0.25) is 0 Å². The summed E-state index contributed by atoms with van der Waals surface area (Å²) in [5.41, 5.74) is 3.32. The summed E-state index contributed by atoms with van der Waals surface area (Å²) in [5, 5.41) is 1.14. The second-order valence-corrected chi connectivity index (χ2v) is 6.17. The first-order valence-corrected chi connectivity index (χ1v) is 8.64. The van der Waals surface area contributed by atoms with Crippen molar-refractivity contribution in [2.75, 3.05) is 18.6 Å². The predicted octanol–water partition coefficient (Wildman–Crippen LogP) is 4.52. The van der Waals surface area contributed by atoms with Gasteiger partial charge in [0, 0.05) is 30.4 Å². The number of fused-ring (bicyclic) bond motifs is 1. The van der Waals surface area contributed by atoms with Gasteiger partial charge < -0.3 is 9.64 Å². The van der Waals surface area contributed by atoms with Crippen LogP contribution in [0.4, 0.5) is 5.69 Å². The third-order valence-corrected chi connectivity index (χ3v) is 4.49. The Morgan fingerprint density at radius 1 is 1.25 bits per heavy atom. The van der Waals surface area contributed by atoms with Gasteiger partial charge in [0.1, 0.15) is 11.9 Å². The molecular formula is C20H25N3O. The molecule has 0 saturated carbocycles. The highest BCUT2D eigenvalue weighted by Gasteiger charge is 2.21. The highest BCUT2D eigenvalue weighted by atomic mass is 16.5. The van der Waals surface area contributed by atoms with Crippen molar-refractivity contribution < 1.29 is 4.74 Å². The van der Waals surface area contributed by atoms with Crippen molar-refractivity contribution in [3.8, 4) is 5.75 Å². The number of aromatic nitrogens is 1. The zero-order valence-corrected chi connectivity index (χ0v) is 14.7. The standard InChI is InChI=1S/C20H25N3O/c1-4-5-6-12-23(19-8-7-10-21-19)18-14-16(24-3)13-17-15(2)9-11-22-20(17)18/h7-11,13-14,19H,4-6,12H2,1-3H3. The van der Waals surface area contributed by atoms with Crippen molar-refractivity contribution in [3.63, 3.8) is 0 Å². The summed E-state index contributed by atoms with van der Waals surface area (Å²) in [4.78, 5) is 11.6.